The highest BCUT2D eigenvalue weighted by molar-refractivity contribution is 6.24. The first-order chi connectivity index (χ1) is 12.9. The van der Waals surface area contributed by atoms with E-state index >= 15 is 0 Å². The van der Waals surface area contributed by atoms with Crippen LogP contribution >= 0.6 is 0 Å². The average molecular weight is 370 g/mol. The minimum absolute atomic E-state index is 0.0416. The molecule has 1 aromatic carbocycles. The first-order valence-corrected chi connectivity index (χ1v) is 9.37. The van der Waals surface area contributed by atoms with Crippen LogP contribution in [-0.4, -0.2) is 42.4 Å². The molecule has 1 aromatic rings. The topological polar surface area (TPSA) is 71.4 Å². The Morgan fingerprint density at radius 1 is 1.19 bits per heavy atom. The molecule has 4 rings (SSSR count). The number of carbonyl (C=O) groups is 1. The third kappa shape index (κ3) is 2.78. The number of ketones is 1. The van der Waals surface area contributed by atoms with Crippen LogP contribution < -0.4 is 9.47 Å². The molecule has 0 spiro atoms. The molecule has 1 N–H and O–H groups in total. The lowest BCUT2D eigenvalue weighted by molar-refractivity contribution is -0.118. The van der Waals surface area contributed by atoms with E-state index < -0.39 is 0 Å². The lowest BCUT2D eigenvalue weighted by Gasteiger charge is -2.48. The number of fused-ring (bicyclic) bond motifs is 4. The van der Waals surface area contributed by atoms with Crippen molar-refractivity contribution in [2.45, 2.75) is 45.6 Å². The van der Waals surface area contributed by atoms with Gasteiger partial charge in [0.2, 0.25) is 0 Å². The van der Waals surface area contributed by atoms with Crippen LogP contribution in [0.15, 0.2) is 28.6 Å². The first kappa shape index (κ1) is 17.9. The van der Waals surface area contributed by atoms with Crippen LogP contribution in [0.4, 0.5) is 0 Å². The molecule has 0 saturated heterocycles. The van der Waals surface area contributed by atoms with E-state index in [9.17, 15) is 10.0 Å². The fourth-order valence-electron chi connectivity index (χ4n) is 4.81. The number of rotatable bonds is 2. The van der Waals surface area contributed by atoms with Gasteiger partial charge in [-0.1, -0.05) is 19.0 Å². The molecule has 2 aliphatic heterocycles. The van der Waals surface area contributed by atoms with Gasteiger partial charge in [0.1, 0.15) is 0 Å². The molecule has 0 unspecified atom stereocenters. The lowest BCUT2D eigenvalue weighted by atomic mass is 9.71. The highest BCUT2D eigenvalue weighted by Gasteiger charge is 2.44. The van der Waals surface area contributed by atoms with E-state index in [1.54, 1.807) is 14.2 Å². The Bertz CT molecular complexity index is 869. The number of ether oxygens (including phenoxy) is 2. The monoisotopic (exact) mass is 370 g/mol. The molecule has 144 valence electrons. The minimum Gasteiger partial charge on any atom is -0.493 e. The van der Waals surface area contributed by atoms with Crippen LogP contribution in [0.5, 0.6) is 11.5 Å². The summed E-state index contributed by atoms with van der Waals surface area (Å²) < 4.78 is 11.0. The second kappa shape index (κ2) is 6.29. The van der Waals surface area contributed by atoms with E-state index in [4.69, 9.17) is 9.47 Å². The third-order valence-electron chi connectivity index (χ3n) is 6.00. The molecule has 3 aliphatic rings. The van der Waals surface area contributed by atoms with Crippen molar-refractivity contribution in [2.24, 2.45) is 10.6 Å². The van der Waals surface area contributed by atoms with Crippen LogP contribution in [0.25, 0.3) is 0 Å². The molecule has 6 heteroatoms. The number of nitrogens with zero attached hydrogens (tertiary/aromatic N) is 2. The maximum Gasteiger partial charge on any atom is 0.167 e. The molecular formula is C21H26N2O4. The summed E-state index contributed by atoms with van der Waals surface area (Å²) in [6.07, 6.45) is 2.70. The highest BCUT2D eigenvalue weighted by Crippen LogP contribution is 2.49. The fourth-order valence-corrected chi connectivity index (χ4v) is 4.81. The third-order valence-corrected chi connectivity index (χ3v) is 6.00. The SMILES string of the molecule is COc1cc2c(cc1OC)[C@@H]1CC(=NO)C3=C(CC(C)(C)CC3=O)N1CC2. The molecule has 0 radical (unpaired) electrons. The maximum atomic E-state index is 12.8. The quantitative estimate of drug-likeness (QED) is 0.637. The van der Waals surface area contributed by atoms with Crippen molar-refractivity contribution in [1.82, 2.24) is 4.90 Å². The second-order valence-corrected chi connectivity index (χ2v) is 8.38. The molecule has 1 atom stereocenters. The number of carbonyl (C=O) groups excluding carboxylic acids is 1. The maximum absolute atomic E-state index is 12.8. The van der Waals surface area contributed by atoms with Gasteiger partial charge in [0.25, 0.3) is 0 Å². The average Bonchev–Trinajstić information content (AvgIpc) is 2.64. The second-order valence-electron chi connectivity index (χ2n) is 8.38. The first-order valence-electron chi connectivity index (χ1n) is 9.37. The van der Waals surface area contributed by atoms with Crippen molar-refractivity contribution in [2.75, 3.05) is 20.8 Å². The number of hydrogen-bond donors (Lipinski definition) is 1. The van der Waals surface area contributed by atoms with Gasteiger partial charge in [0.15, 0.2) is 17.3 Å². The number of allylic oxidation sites excluding steroid dienone is 2. The molecule has 2 heterocycles. The number of hydrogen-bond acceptors (Lipinski definition) is 6. The van der Waals surface area contributed by atoms with E-state index in [1.807, 2.05) is 12.1 Å². The zero-order chi connectivity index (χ0) is 19.3. The Balaban J connectivity index is 1.84. The molecular weight excluding hydrogens is 344 g/mol. The van der Waals surface area contributed by atoms with Gasteiger partial charge >= 0.3 is 0 Å². The van der Waals surface area contributed by atoms with Gasteiger partial charge in [0, 0.05) is 25.1 Å². The Hall–Kier alpha value is -2.50. The minimum atomic E-state index is -0.0871. The summed E-state index contributed by atoms with van der Waals surface area (Å²) in [7, 11) is 3.28. The zero-order valence-electron chi connectivity index (χ0n) is 16.3. The number of oxime groups is 1. The normalized spacial score (nSPS) is 25.0. The van der Waals surface area contributed by atoms with Crippen LogP contribution in [-0.2, 0) is 11.2 Å². The van der Waals surface area contributed by atoms with Crippen molar-refractivity contribution in [1.29, 1.82) is 0 Å². The fraction of sp³-hybridized carbons (Fsp3) is 0.524. The summed E-state index contributed by atoms with van der Waals surface area (Å²) >= 11 is 0. The van der Waals surface area contributed by atoms with Crippen molar-refractivity contribution in [3.8, 4) is 11.5 Å². The van der Waals surface area contributed by atoms with Gasteiger partial charge in [-0.15, -0.1) is 0 Å². The van der Waals surface area contributed by atoms with Crippen LogP contribution in [0.2, 0.25) is 0 Å². The van der Waals surface area contributed by atoms with Gasteiger partial charge in [-0.25, -0.2) is 0 Å². The van der Waals surface area contributed by atoms with Gasteiger partial charge in [0.05, 0.1) is 31.5 Å². The van der Waals surface area contributed by atoms with E-state index in [0.717, 1.165) is 36.4 Å². The van der Waals surface area contributed by atoms with Crippen molar-refractivity contribution >= 4 is 11.5 Å². The summed E-state index contributed by atoms with van der Waals surface area (Å²) in [4.78, 5) is 15.1. The molecule has 0 saturated carbocycles. The molecule has 6 nitrogen and oxygen atoms in total. The Labute approximate surface area is 159 Å². The zero-order valence-corrected chi connectivity index (χ0v) is 16.3. The molecule has 1 aliphatic carbocycles. The van der Waals surface area contributed by atoms with Crippen LogP contribution in [0, 0.1) is 5.41 Å². The van der Waals surface area contributed by atoms with E-state index in [0.29, 0.717) is 29.9 Å². The smallest absolute Gasteiger partial charge is 0.167 e. The molecule has 0 aromatic heterocycles. The van der Waals surface area contributed by atoms with Gasteiger partial charge in [-0.3, -0.25) is 4.79 Å². The predicted octanol–water partition coefficient (Wildman–Crippen LogP) is 3.48. The van der Waals surface area contributed by atoms with Gasteiger partial charge in [-0.2, -0.15) is 0 Å². The molecule has 0 bridgehead atoms. The van der Waals surface area contributed by atoms with Crippen molar-refractivity contribution < 1.29 is 19.5 Å². The number of Topliss-reactive ketones (excluding diaryl/α,β-unsaturated/α-hetero) is 1. The number of methoxy groups -OCH3 is 2. The Morgan fingerprint density at radius 3 is 2.56 bits per heavy atom. The van der Waals surface area contributed by atoms with E-state index in [-0.39, 0.29) is 17.2 Å². The van der Waals surface area contributed by atoms with Crippen molar-refractivity contribution in [3.63, 3.8) is 0 Å². The van der Waals surface area contributed by atoms with E-state index in [1.165, 1.54) is 5.56 Å². The van der Waals surface area contributed by atoms with Crippen LogP contribution in [0.1, 0.15) is 50.3 Å². The summed E-state index contributed by atoms with van der Waals surface area (Å²) in [6.45, 7) is 5.09. The van der Waals surface area contributed by atoms with Gasteiger partial charge in [-0.05, 0) is 41.5 Å². The predicted molar refractivity (Wildman–Crippen MR) is 102 cm³/mol. The van der Waals surface area contributed by atoms with Gasteiger partial charge < -0.3 is 19.6 Å². The Kier molecular flexibility index (Phi) is 4.17. The molecule has 0 fully saturated rings. The summed E-state index contributed by atoms with van der Waals surface area (Å²) in [6, 6.07) is 4.11. The highest BCUT2D eigenvalue weighted by atomic mass is 16.5. The molecule has 0 amide bonds. The van der Waals surface area contributed by atoms with Crippen molar-refractivity contribution in [3.05, 3.63) is 34.5 Å². The molecule has 27 heavy (non-hydrogen) atoms. The van der Waals surface area contributed by atoms with E-state index in [2.05, 4.69) is 23.9 Å². The summed E-state index contributed by atoms with van der Waals surface area (Å²) in [5.74, 6) is 1.51. The summed E-state index contributed by atoms with van der Waals surface area (Å²) in [5, 5.41) is 13.2. The van der Waals surface area contributed by atoms with Crippen LogP contribution in [0.3, 0.4) is 0 Å². The standard InChI is InChI=1S/C21H26N2O4/c1-21(2)10-16-20(17(24)11-21)14(22-25)9-15-13-8-19(27-4)18(26-3)7-12(13)5-6-23(15)16/h7-8,15,25H,5-6,9-11H2,1-4H3/t15-/m0/s1. The summed E-state index contributed by atoms with van der Waals surface area (Å²) in [5.41, 5.74) is 4.46. The largest absolute Gasteiger partial charge is 0.493 e. The lowest BCUT2D eigenvalue weighted by Crippen LogP contribution is -2.45. The number of benzene rings is 1. The Morgan fingerprint density at radius 2 is 1.89 bits per heavy atom.